The van der Waals surface area contributed by atoms with E-state index in [1.807, 2.05) is 36.1 Å². The molecule has 1 aliphatic rings. The molecule has 0 amide bonds. The predicted molar refractivity (Wildman–Crippen MR) is 102 cm³/mol. The van der Waals surface area contributed by atoms with E-state index in [0.717, 1.165) is 33.5 Å². The Morgan fingerprint density at radius 2 is 1.96 bits per heavy atom. The number of imidazole rings is 1. The van der Waals surface area contributed by atoms with Crippen molar-refractivity contribution < 1.29 is 14.3 Å². The molecule has 3 aromatic rings. The topological polar surface area (TPSA) is 56.6 Å². The largest absolute Gasteiger partial charge is 0.496 e. The van der Waals surface area contributed by atoms with Gasteiger partial charge in [-0.15, -0.1) is 0 Å². The lowest BCUT2D eigenvalue weighted by Gasteiger charge is -2.34. The molecule has 6 heteroatoms. The van der Waals surface area contributed by atoms with Crippen molar-refractivity contribution in [3.63, 3.8) is 0 Å². The van der Waals surface area contributed by atoms with Crippen molar-refractivity contribution in [1.82, 2.24) is 14.5 Å². The first-order valence-electron chi connectivity index (χ1n) is 8.98. The zero-order valence-electron chi connectivity index (χ0n) is 15.8. The molecule has 0 N–H and O–H groups in total. The number of carbonyl (C=O) groups is 1. The highest BCUT2D eigenvalue weighted by Crippen LogP contribution is 2.31. The number of rotatable bonds is 4. The van der Waals surface area contributed by atoms with Gasteiger partial charge in [-0.1, -0.05) is 30.3 Å². The van der Waals surface area contributed by atoms with E-state index >= 15 is 0 Å². The molecule has 2 aromatic carbocycles. The highest BCUT2D eigenvalue weighted by atomic mass is 16.5. The number of hydrogen-bond donors (Lipinski definition) is 0. The fraction of sp³-hybridized carbons (Fsp3) is 0.333. The Hall–Kier alpha value is -2.86. The minimum Gasteiger partial charge on any atom is -0.496 e. The molecular formula is C21H23N3O3. The molecule has 0 saturated heterocycles. The lowest BCUT2D eigenvalue weighted by molar-refractivity contribution is -0.148. The Bertz CT molecular complexity index is 996. The van der Waals surface area contributed by atoms with Gasteiger partial charge < -0.3 is 14.0 Å². The van der Waals surface area contributed by atoms with Crippen molar-refractivity contribution >= 4 is 16.7 Å². The van der Waals surface area contributed by atoms with Crippen LogP contribution in [0.2, 0.25) is 0 Å². The zero-order chi connectivity index (χ0) is 19.0. The number of ether oxygens (including phenoxy) is 2. The van der Waals surface area contributed by atoms with E-state index < -0.39 is 0 Å². The van der Waals surface area contributed by atoms with Crippen molar-refractivity contribution in [2.75, 3.05) is 14.2 Å². The molecule has 140 valence electrons. The Labute approximate surface area is 158 Å². The van der Waals surface area contributed by atoms with Gasteiger partial charge in [0.25, 0.3) is 0 Å². The third-order valence-electron chi connectivity index (χ3n) is 5.37. The molecule has 0 unspecified atom stereocenters. The van der Waals surface area contributed by atoms with Crippen LogP contribution in [-0.4, -0.2) is 40.7 Å². The zero-order valence-corrected chi connectivity index (χ0v) is 15.8. The van der Waals surface area contributed by atoms with E-state index in [1.165, 1.54) is 7.11 Å². The summed E-state index contributed by atoms with van der Waals surface area (Å²) in [5, 5.41) is 2.21. The second kappa shape index (κ2) is 7.04. The Kier molecular flexibility index (Phi) is 4.58. The summed E-state index contributed by atoms with van der Waals surface area (Å²) in [6, 6.07) is 11.9. The van der Waals surface area contributed by atoms with Crippen LogP contribution in [0.5, 0.6) is 5.75 Å². The molecule has 6 nitrogen and oxygen atoms in total. The predicted octanol–water partition coefficient (Wildman–Crippen LogP) is 2.68. The third-order valence-corrected chi connectivity index (χ3v) is 5.37. The number of aromatic nitrogens is 2. The van der Waals surface area contributed by atoms with E-state index in [9.17, 15) is 4.79 Å². The van der Waals surface area contributed by atoms with Crippen LogP contribution in [0.15, 0.2) is 42.7 Å². The van der Waals surface area contributed by atoms with Crippen molar-refractivity contribution in [3.05, 3.63) is 59.7 Å². The average Bonchev–Trinajstić information content (AvgIpc) is 3.07. The third kappa shape index (κ3) is 3.06. The average molecular weight is 365 g/mol. The van der Waals surface area contributed by atoms with E-state index in [4.69, 9.17) is 9.47 Å². The first kappa shape index (κ1) is 17.5. The second-order valence-corrected chi connectivity index (χ2v) is 6.87. The molecule has 4 rings (SSSR count). The summed E-state index contributed by atoms with van der Waals surface area (Å²) >= 11 is 0. The van der Waals surface area contributed by atoms with Gasteiger partial charge in [0.15, 0.2) is 0 Å². The molecule has 0 radical (unpaired) electrons. The molecule has 0 spiro atoms. The summed E-state index contributed by atoms with van der Waals surface area (Å²) in [5.41, 5.74) is 3.28. The molecule has 0 aliphatic carbocycles. The Morgan fingerprint density at radius 1 is 1.19 bits per heavy atom. The SMILES string of the molecule is COC(=O)[C@@H]1Cc2ncn(C)c2CN1Cc1ccc(OC)c2ccccc12. The quantitative estimate of drug-likeness (QED) is 0.666. The number of carbonyl (C=O) groups excluding carboxylic acids is 1. The molecule has 0 fully saturated rings. The van der Waals surface area contributed by atoms with Crippen molar-refractivity contribution in [2.24, 2.45) is 7.05 Å². The van der Waals surface area contributed by atoms with Gasteiger partial charge in [-0.05, 0) is 17.0 Å². The standard InChI is InChI=1S/C21H23N3O3/c1-23-13-22-17-10-18(21(25)27-3)24(12-19(17)23)11-14-8-9-20(26-2)16-7-5-4-6-15(14)16/h4-9,13,18H,10-12H2,1-3H3/t18-/m0/s1. The smallest absolute Gasteiger partial charge is 0.323 e. The van der Waals surface area contributed by atoms with Gasteiger partial charge in [0.2, 0.25) is 0 Å². The van der Waals surface area contributed by atoms with Crippen LogP contribution in [-0.2, 0) is 36.1 Å². The summed E-state index contributed by atoms with van der Waals surface area (Å²) in [4.78, 5) is 19.0. The van der Waals surface area contributed by atoms with Crippen LogP contribution >= 0.6 is 0 Å². The number of benzene rings is 2. The molecule has 0 saturated carbocycles. The van der Waals surface area contributed by atoms with Crippen LogP contribution in [0.25, 0.3) is 10.8 Å². The number of hydrogen-bond acceptors (Lipinski definition) is 5. The van der Waals surface area contributed by atoms with Gasteiger partial charge >= 0.3 is 5.97 Å². The van der Waals surface area contributed by atoms with Gasteiger partial charge in [0.05, 0.1) is 31.9 Å². The molecule has 1 aromatic heterocycles. The maximum Gasteiger partial charge on any atom is 0.323 e. The van der Waals surface area contributed by atoms with E-state index in [0.29, 0.717) is 19.5 Å². The fourth-order valence-corrected chi connectivity index (χ4v) is 3.90. The number of methoxy groups -OCH3 is 2. The normalized spacial score (nSPS) is 16.9. The molecular weight excluding hydrogens is 342 g/mol. The summed E-state index contributed by atoms with van der Waals surface area (Å²) in [5.74, 6) is 0.635. The van der Waals surface area contributed by atoms with Crippen LogP contribution in [0.1, 0.15) is 17.0 Å². The van der Waals surface area contributed by atoms with Crippen molar-refractivity contribution in [2.45, 2.75) is 25.6 Å². The van der Waals surface area contributed by atoms with Gasteiger partial charge in [-0.2, -0.15) is 0 Å². The maximum atomic E-state index is 12.4. The highest BCUT2D eigenvalue weighted by Gasteiger charge is 2.34. The van der Waals surface area contributed by atoms with Crippen molar-refractivity contribution in [1.29, 1.82) is 0 Å². The lowest BCUT2D eigenvalue weighted by Crippen LogP contribution is -2.46. The van der Waals surface area contributed by atoms with Gasteiger partial charge in [0.1, 0.15) is 11.8 Å². The van der Waals surface area contributed by atoms with E-state index in [2.05, 4.69) is 28.1 Å². The minimum atomic E-state index is -0.335. The number of nitrogens with zero attached hydrogens (tertiary/aromatic N) is 3. The highest BCUT2D eigenvalue weighted by molar-refractivity contribution is 5.91. The Morgan fingerprint density at radius 3 is 2.70 bits per heavy atom. The summed E-state index contributed by atoms with van der Waals surface area (Å²) < 4.78 is 12.6. The molecule has 27 heavy (non-hydrogen) atoms. The van der Waals surface area contributed by atoms with Crippen LogP contribution in [0.3, 0.4) is 0 Å². The van der Waals surface area contributed by atoms with Crippen molar-refractivity contribution in [3.8, 4) is 5.75 Å². The minimum absolute atomic E-state index is 0.218. The second-order valence-electron chi connectivity index (χ2n) is 6.87. The van der Waals surface area contributed by atoms with Gasteiger partial charge in [0, 0.05) is 31.9 Å². The van der Waals surface area contributed by atoms with Crippen LogP contribution in [0, 0.1) is 0 Å². The lowest BCUT2D eigenvalue weighted by atomic mass is 9.99. The summed E-state index contributed by atoms with van der Waals surface area (Å²) in [6.07, 6.45) is 2.38. The molecule has 1 aliphatic heterocycles. The molecule has 1 atom stereocenters. The van der Waals surface area contributed by atoms with Crippen LogP contribution < -0.4 is 4.74 Å². The maximum absolute atomic E-state index is 12.4. The number of aryl methyl sites for hydroxylation is 1. The summed E-state index contributed by atoms with van der Waals surface area (Å²) in [6.45, 7) is 1.31. The number of fused-ring (bicyclic) bond motifs is 2. The van der Waals surface area contributed by atoms with Gasteiger partial charge in [-0.25, -0.2) is 4.98 Å². The van der Waals surface area contributed by atoms with Gasteiger partial charge in [-0.3, -0.25) is 9.69 Å². The fourth-order valence-electron chi connectivity index (χ4n) is 3.90. The monoisotopic (exact) mass is 365 g/mol. The first-order chi connectivity index (χ1) is 13.1. The first-order valence-corrected chi connectivity index (χ1v) is 8.98. The molecule has 0 bridgehead atoms. The van der Waals surface area contributed by atoms with E-state index in [1.54, 1.807) is 7.11 Å². The Balaban J connectivity index is 1.73. The molecule has 2 heterocycles. The summed E-state index contributed by atoms with van der Waals surface area (Å²) in [7, 11) is 5.12. The van der Waals surface area contributed by atoms with E-state index in [-0.39, 0.29) is 12.0 Å². The van der Waals surface area contributed by atoms with Crippen LogP contribution in [0.4, 0.5) is 0 Å². The number of esters is 1.